The van der Waals surface area contributed by atoms with Crippen LogP contribution >= 0.6 is 0 Å². The molecule has 0 saturated heterocycles. The zero-order valence-corrected chi connectivity index (χ0v) is 12.7. The number of aryl methyl sites for hydroxylation is 2. The summed E-state index contributed by atoms with van der Waals surface area (Å²) >= 11 is 0. The Morgan fingerprint density at radius 1 is 1.25 bits per heavy atom. The van der Waals surface area contributed by atoms with E-state index in [1.54, 1.807) is 12.1 Å². The van der Waals surface area contributed by atoms with E-state index >= 15 is 0 Å². The molecule has 0 saturated carbocycles. The van der Waals surface area contributed by atoms with E-state index in [0.717, 1.165) is 16.4 Å². The molecule has 0 N–H and O–H groups in total. The SMILES string of the molecule is Cc1cccc(-n2nnnc2COc2cc(C(F)(F)F)nn2C)n1. The van der Waals surface area contributed by atoms with E-state index in [1.165, 1.54) is 11.7 Å². The van der Waals surface area contributed by atoms with Gasteiger partial charge in [-0.15, -0.1) is 5.10 Å². The van der Waals surface area contributed by atoms with Crippen molar-refractivity contribution in [3.05, 3.63) is 41.5 Å². The molecule has 0 unspecified atom stereocenters. The molecule has 8 nitrogen and oxygen atoms in total. The monoisotopic (exact) mass is 339 g/mol. The Morgan fingerprint density at radius 2 is 2.04 bits per heavy atom. The third-order valence-corrected chi connectivity index (χ3v) is 3.10. The highest BCUT2D eigenvalue weighted by Crippen LogP contribution is 2.30. The van der Waals surface area contributed by atoms with Crippen LogP contribution in [0.25, 0.3) is 5.82 Å². The number of hydrogen-bond acceptors (Lipinski definition) is 6. The molecule has 0 aliphatic heterocycles. The summed E-state index contributed by atoms with van der Waals surface area (Å²) in [6, 6.07) is 6.14. The second-order valence-electron chi connectivity index (χ2n) is 4.92. The summed E-state index contributed by atoms with van der Waals surface area (Å²) in [5.74, 6) is 0.733. The number of aromatic nitrogens is 7. The van der Waals surface area contributed by atoms with Crippen molar-refractivity contribution in [3.8, 4) is 11.7 Å². The largest absolute Gasteiger partial charge is 0.470 e. The zero-order chi connectivity index (χ0) is 17.3. The lowest BCUT2D eigenvalue weighted by Crippen LogP contribution is -2.10. The van der Waals surface area contributed by atoms with Crippen LogP contribution in [0.3, 0.4) is 0 Å². The van der Waals surface area contributed by atoms with Crippen molar-refractivity contribution >= 4 is 0 Å². The molecule has 0 fully saturated rings. The van der Waals surface area contributed by atoms with Crippen LogP contribution in [-0.4, -0.2) is 35.0 Å². The maximum absolute atomic E-state index is 12.6. The normalized spacial score (nSPS) is 11.7. The molecule has 3 rings (SSSR count). The molecular weight excluding hydrogens is 327 g/mol. The van der Waals surface area contributed by atoms with Gasteiger partial charge in [0.1, 0.15) is 0 Å². The summed E-state index contributed by atoms with van der Waals surface area (Å²) in [6.07, 6.45) is -4.54. The smallest absolute Gasteiger partial charge is 0.435 e. The molecule has 3 aromatic rings. The first-order valence-corrected chi connectivity index (χ1v) is 6.80. The maximum atomic E-state index is 12.6. The number of halogens is 3. The summed E-state index contributed by atoms with van der Waals surface area (Å²) in [7, 11) is 1.36. The lowest BCUT2D eigenvalue weighted by atomic mass is 10.4. The minimum absolute atomic E-state index is 0.0472. The van der Waals surface area contributed by atoms with Gasteiger partial charge in [0.2, 0.25) is 5.88 Å². The van der Waals surface area contributed by atoms with E-state index in [1.807, 2.05) is 13.0 Å². The number of ether oxygens (including phenoxy) is 1. The first-order valence-electron chi connectivity index (χ1n) is 6.80. The van der Waals surface area contributed by atoms with Crippen LogP contribution in [0.5, 0.6) is 5.88 Å². The zero-order valence-electron chi connectivity index (χ0n) is 12.7. The van der Waals surface area contributed by atoms with Gasteiger partial charge in [0, 0.05) is 18.8 Å². The predicted octanol–water partition coefficient (Wildman–Crippen LogP) is 1.70. The maximum Gasteiger partial charge on any atom is 0.435 e. The number of alkyl halides is 3. The second-order valence-corrected chi connectivity index (χ2v) is 4.92. The minimum atomic E-state index is -4.54. The van der Waals surface area contributed by atoms with Crippen LogP contribution in [0.15, 0.2) is 24.3 Å². The number of tetrazole rings is 1. The molecule has 126 valence electrons. The van der Waals surface area contributed by atoms with E-state index in [-0.39, 0.29) is 12.5 Å². The van der Waals surface area contributed by atoms with Crippen LogP contribution < -0.4 is 4.74 Å². The van der Waals surface area contributed by atoms with Crippen LogP contribution in [0.4, 0.5) is 13.2 Å². The van der Waals surface area contributed by atoms with Gasteiger partial charge in [-0.1, -0.05) is 6.07 Å². The van der Waals surface area contributed by atoms with Crippen molar-refractivity contribution in [2.24, 2.45) is 7.05 Å². The Morgan fingerprint density at radius 3 is 2.71 bits per heavy atom. The topological polar surface area (TPSA) is 83.5 Å². The molecule has 0 spiro atoms. The average Bonchev–Trinajstić information content (AvgIpc) is 3.11. The van der Waals surface area contributed by atoms with E-state index in [0.29, 0.717) is 11.6 Å². The van der Waals surface area contributed by atoms with Gasteiger partial charge in [-0.3, -0.25) is 0 Å². The number of pyridine rings is 1. The Labute approximate surface area is 133 Å². The van der Waals surface area contributed by atoms with Crippen molar-refractivity contribution in [2.45, 2.75) is 19.7 Å². The fourth-order valence-electron chi connectivity index (χ4n) is 1.98. The molecule has 0 aliphatic rings. The molecule has 0 amide bonds. The van der Waals surface area contributed by atoms with E-state index in [9.17, 15) is 13.2 Å². The summed E-state index contributed by atoms with van der Waals surface area (Å²) in [5, 5.41) is 14.5. The van der Waals surface area contributed by atoms with Gasteiger partial charge in [-0.05, 0) is 29.5 Å². The Hall–Kier alpha value is -2.98. The van der Waals surface area contributed by atoms with Gasteiger partial charge in [0.05, 0.1) is 0 Å². The molecule has 0 atom stereocenters. The van der Waals surface area contributed by atoms with Crippen LogP contribution in [-0.2, 0) is 19.8 Å². The number of hydrogen-bond donors (Lipinski definition) is 0. The highest BCUT2D eigenvalue weighted by molar-refractivity contribution is 5.24. The fourth-order valence-corrected chi connectivity index (χ4v) is 1.98. The molecular formula is C13H12F3N7O. The molecule has 3 aromatic heterocycles. The lowest BCUT2D eigenvalue weighted by Gasteiger charge is -2.06. The molecule has 24 heavy (non-hydrogen) atoms. The first-order chi connectivity index (χ1) is 11.3. The molecule has 0 bridgehead atoms. The standard InChI is InChI=1S/C13H12F3N7O/c1-8-4-3-5-10(17-8)23-11(18-20-21-23)7-24-12-6-9(13(14,15)16)19-22(12)2/h3-6H,7H2,1-2H3. The molecule has 0 aliphatic carbocycles. The summed E-state index contributed by atoms with van der Waals surface area (Å²) in [4.78, 5) is 4.28. The van der Waals surface area contributed by atoms with Crippen LogP contribution in [0, 0.1) is 6.92 Å². The molecule has 0 aromatic carbocycles. The van der Waals surface area contributed by atoms with E-state index in [4.69, 9.17) is 4.74 Å². The van der Waals surface area contributed by atoms with Crippen molar-refractivity contribution in [1.82, 2.24) is 35.0 Å². The summed E-state index contributed by atoms with van der Waals surface area (Å²) in [6.45, 7) is 1.68. The van der Waals surface area contributed by atoms with Crippen molar-refractivity contribution < 1.29 is 17.9 Å². The third-order valence-electron chi connectivity index (χ3n) is 3.10. The highest BCUT2D eigenvalue weighted by Gasteiger charge is 2.35. The van der Waals surface area contributed by atoms with Crippen molar-refractivity contribution in [2.75, 3.05) is 0 Å². The van der Waals surface area contributed by atoms with Gasteiger partial charge in [-0.2, -0.15) is 23.0 Å². The van der Waals surface area contributed by atoms with E-state index < -0.39 is 11.9 Å². The molecule has 0 radical (unpaired) electrons. The predicted molar refractivity (Wildman–Crippen MR) is 74.2 cm³/mol. The fraction of sp³-hybridized carbons (Fsp3) is 0.308. The minimum Gasteiger partial charge on any atom is -0.470 e. The molecule has 11 heteroatoms. The van der Waals surface area contributed by atoms with E-state index in [2.05, 4.69) is 25.6 Å². The summed E-state index contributed by atoms with van der Waals surface area (Å²) in [5.41, 5.74) is -0.253. The van der Waals surface area contributed by atoms with Crippen LogP contribution in [0.1, 0.15) is 17.2 Å². The van der Waals surface area contributed by atoms with Crippen molar-refractivity contribution in [3.63, 3.8) is 0 Å². The average molecular weight is 339 g/mol. The lowest BCUT2D eigenvalue weighted by molar-refractivity contribution is -0.141. The van der Waals surface area contributed by atoms with Gasteiger partial charge >= 0.3 is 6.18 Å². The van der Waals surface area contributed by atoms with Gasteiger partial charge in [-0.25, -0.2) is 9.67 Å². The Kier molecular flexibility index (Phi) is 3.91. The highest BCUT2D eigenvalue weighted by atomic mass is 19.4. The summed E-state index contributed by atoms with van der Waals surface area (Å²) < 4.78 is 45.6. The second kappa shape index (κ2) is 5.91. The third kappa shape index (κ3) is 3.19. The molecule has 3 heterocycles. The quantitative estimate of drug-likeness (QED) is 0.719. The Bertz CT molecular complexity index is 855. The number of nitrogens with zero attached hydrogens (tertiary/aromatic N) is 7. The van der Waals surface area contributed by atoms with Gasteiger partial charge in [0.15, 0.2) is 23.9 Å². The van der Waals surface area contributed by atoms with Gasteiger partial charge < -0.3 is 4.74 Å². The van der Waals surface area contributed by atoms with Gasteiger partial charge in [0.25, 0.3) is 0 Å². The van der Waals surface area contributed by atoms with Crippen LogP contribution in [0.2, 0.25) is 0 Å². The van der Waals surface area contributed by atoms with Crippen molar-refractivity contribution in [1.29, 1.82) is 0 Å². The Balaban J connectivity index is 1.79. The number of rotatable bonds is 4. The first kappa shape index (κ1) is 15.9.